The van der Waals surface area contributed by atoms with E-state index in [9.17, 15) is 4.79 Å². The number of carbonyl (C=O) groups excluding carboxylic acids is 1. The van der Waals surface area contributed by atoms with E-state index in [0.29, 0.717) is 34.3 Å². The molecular formula is C20H15ClN2O3. The van der Waals surface area contributed by atoms with Crippen LogP contribution in [-0.4, -0.2) is 17.5 Å². The first-order valence-corrected chi connectivity index (χ1v) is 8.44. The van der Waals surface area contributed by atoms with Gasteiger partial charge in [-0.25, -0.2) is 4.98 Å². The highest BCUT2D eigenvalue weighted by Gasteiger charge is 2.10. The number of carbonyl (C=O) groups is 1. The topological polar surface area (TPSA) is 64.4 Å². The molecule has 1 amide bonds. The zero-order valence-electron chi connectivity index (χ0n) is 14.0. The van der Waals surface area contributed by atoms with Crippen LogP contribution in [0.3, 0.4) is 0 Å². The molecule has 4 rings (SSSR count). The maximum absolute atomic E-state index is 12.2. The first-order chi connectivity index (χ1) is 12.6. The van der Waals surface area contributed by atoms with Crippen LogP contribution in [0.4, 0.5) is 5.69 Å². The Balaban J connectivity index is 1.47. The van der Waals surface area contributed by atoms with Gasteiger partial charge in [0, 0.05) is 29.3 Å². The van der Waals surface area contributed by atoms with E-state index in [0.717, 1.165) is 16.9 Å². The van der Waals surface area contributed by atoms with Crippen LogP contribution in [0, 0.1) is 6.92 Å². The Morgan fingerprint density at radius 3 is 3.04 bits per heavy atom. The van der Waals surface area contributed by atoms with Crippen LogP contribution < -0.4 is 10.1 Å². The minimum Gasteiger partial charge on any atom is -0.488 e. The molecule has 0 unspecified atom stereocenters. The van der Waals surface area contributed by atoms with Gasteiger partial charge in [0.2, 0.25) is 5.91 Å². The monoisotopic (exact) mass is 366 g/mol. The Bertz CT molecular complexity index is 1070. The molecule has 6 heteroatoms. The summed E-state index contributed by atoms with van der Waals surface area (Å²) in [6.07, 6.45) is 5.17. The van der Waals surface area contributed by atoms with Crippen molar-refractivity contribution in [3.8, 4) is 5.75 Å². The Kier molecular flexibility index (Phi) is 4.22. The molecule has 26 heavy (non-hydrogen) atoms. The van der Waals surface area contributed by atoms with Gasteiger partial charge < -0.3 is 14.5 Å². The van der Waals surface area contributed by atoms with E-state index >= 15 is 0 Å². The third kappa shape index (κ3) is 3.48. The number of rotatable bonds is 3. The first kappa shape index (κ1) is 16.4. The lowest BCUT2D eigenvalue weighted by Crippen LogP contribution is -2.09. The number of oxazole rings is 1. The number of fused-ring (bicyclic) bond motifs is 2. The third-order valence-corrected chi connectivity index (χ3v) is 4.15. The SMILES string of the molecule is Cc1nc2cc(NC(=O)C=CC3=Cc4cc(Cl)ccc4OC3)ccc2o1. The Labute approximate surface area is 154 Å². The molecule has 2 heterocycles. The second-order valence-corrected chi connectivity index (χ2v) is 6.36. The highest BCUT2D eigenvalue weighted by atomic mass is 35.5. The number of anilines is 1. The standard InChI is InChI=1S/C20H15ClN2O3/c1-12-22-17-10-16(4-6-19(17)26-12)23-20(24)7-2-13-8-14-9-15(21)3-5-18(14)25-11-13/h2-10H,11H2,1H3,(H,23,24). The molecule has 1 aliphatic heterocycles. The predicted molar refractivity (Wildman–Crippen MR) is 101 cm³/mol. The number of halogens is 1. The zero-order valence-corrected chi connectivity index (χ0v) is 14.7. The van der Waals surface area contributed by atoms with E-state index in [2.05, 4.69) is 10.3 Å². The summed E-state index contributed by atoms with van der Waals surface area (Å²) in [5.41, 5.74) is 3.85. The Morgan fingerprint density at radius 1 is 1.27 bits per heavy atom. The summed E-state index contributed by atoms with van der Waals surface area (Å²) in [7, 11) is 0. The van der Waals surface area contributed by atoms with Crippen LogP contribution >= 0.6 is 11.6 Å². The van der Waals surface area contributed by atoms with Gasteiger partial charge in [0.25, 0.3) is 0 Å². The van der Waals surface area contributed by atoms with Crippen molar-refractivity contribution in [3.63, 3.8) is 0 Å². The average molecular weight is 367 g/mol. The van der Waals surface area contributed by atoms with E-state index in [1.165, 1.54) is 6.08 Å². The number of nitrogens with zero attached hydrogens (tertiary/aromatic N) is 1. The fourth-order valence-electron chi connectivity index (χ4n) is 2.75. The predicted octanol–water partition coefficient (Wildman–Crippen LogP) is 4.76. The summed E-state index contributed by atoms with van der Waals surface area (Å²) in [6, 6.07) is 10.8. The quantitative estimate of drug-likeness (QED) is 0.679. The summed E-state index contributed by atoms with van der Waals surface area (Å²) >= 11 is 6.01. The maximum Gasteiger partial charge on any atom is 0.248 e. The summed E-state index contributed by atoms with van der Waals surface area (Å²) in [5.74, 6) is 1.14. The third-order valence-electron chi connectivity index (χ3n) is 3.92. The van der Waals surface area contributed by atoms with Crippen molar-refractivity contribution in [3.05, 3.63) is 70.6 Å². The van der Waals surface area contributed by atoms with Gasteiger partial charge in [-0.05, 0) is 48.0 Å². The molecule has 130 valence electrons. The van der Waals surface area contributed by atoms with Gasteiger partial charge in [-0.15, -0.1) is 0 Å². The van der Waals surface area contributed by atoms with Crippen LogP contribution in [0.1, 0.15) is 11.5 Å². The highest BCUT2D eigenvalue weighted by Crippen LogP contribution is 2.29. The fraction of sp³-hybridized carbons (Fsp3) is 0.100. The molecule has 2 aromatic carbocycles. The second kappa shape index (κ2) is 6.69. The number of aryl methyl sites for hydroxylation is 1. The van der Waals surface area contributed by atoms with Crippen molar-refractivity contribution in [2.24, 2.45) is 0 Å². The lowest BCUT2D eigenvalue weighted by Gasteiger charge is -2.16. The number of nitrogens with one attached hydrogen (secondary N) is 1. The van der Waals surface area contributed by atoms with Gasteiger partial charge in [0.1, 0.15) is 17.9 Å². The molecule has 0 radical (unpaired) electrons. The van der Waals surface area contributed by atoms with Gasteiger partial charge >= 0.3 is 0 Å². The van der Waals surface area contributed by atoms with E-state index in [1.54, 1.807) is 37.3 Å². The molecule has 1 aromatic heterocycles. The van der Waals surface area contributed by atoms with Gasteiger partial charge in [-0.3, -0.25) is 4.79 Å². The van der Waals surface area contributed by atoms with Gasteiger partial charge in [-0.2, -0.15) is 0 Å². The number of aromatic nitrogens is 1. The van der Waals surface area contributed by atoms with Gasteiger partial charge in [-0.1, -0.05) is 17.7 Å². The summed E-state index contributed by atoms with van der Waals surface area (Å²) in [6.45, 7) is 2.19. The highest BCUT2D eigenvalue weighted by molar-refractivity contribution is 6.30. The fourth-order valence-corrected chi connectivity index (χ4v) is 2.93. The lowest BCUT2D eigenvalue weighted by molar-refractivity contribution is -0.111. The van der Waals surface area contributed by atoms with Gasteiger partial charge in [0.15, 0.2) is 11.5 Å². The number of benzene rings is 2. The van der Waals surface area contributed by atoms with Crippen molar-refractivity contribution in [2.45, 2.75) is 6.92 Å². The molecular weight excluding hydrogens is 352 g/mol. The van der Waals surface area contributed by atoms with Crippen LogP contribution in [0.15, 0.2) is 58.5 Å². The normalized spacial score (nSPS) is 13.4. The van der Waals surface area contributed by atoms with Crippen LogP contribution in [0.5, 0.6) is 5.75 Å². The molecule has 0 saturated heterocycles. The van der Waals surface area contributed by atoms with Crippen molar-refractivity contribution in [1.29, 1.82) is 0 Å². The Morgan fingerprint density at radius 2 is 2.15 bits per heavy atom. The molecule has 0 bridgehead atoms. The van der Waals surface area contributed by atoms with E-state index in [-0.39, 0.29) is 5.91 Å². The number of hydrogen-bond donors (Lipinski definition) is 1. The van der Waals surface area contributed by atoms with Gasteiger partial charge in [0.05, 0.1) is 0 Å². The first-order valence-electron chi connectivity index (χ1n) is 8.06. The molecule has 3 aromatic rings. The zero-order chi connectivity index (χ0) is 18.1. The number of ether oxygens (including phenoxy) is 1. The van der Waals surface area contributed by atoms with Crippen LogP contribution in [-0.2, 0) is 4.79 Å². The van der Waals surface area contributed by atoms with Crippen molar-refractivity contribution in [1.82, 2.24) is 4.98 Å². The van der Waals surface area contributed by atoms with E-state index in [4.69, 9.17) is 20.8 Å². The molecule has 0 fully saturated rings. The maximum atomic E-state index is 12.2. The smallest absolute Gasteiger partial charge is 0.248 e. The largest absolute Gasteiger partial charge is 0.488 e. The molecule has 0 saturated carbocycles. The minimum absolute atomic E-state index is 0.234. The molecule has 1 aliphatic rings. The second-order valence-electron chi connectivity index (χ2n) is 5.93. The van der Waals surface area contributed by atoms with Crippen molar-refractivity contribution < 1.29 is 13.9 Å². The van der Waals surface area contributed by atoms with E-state index in [1.807, 2.05) is 18.2 Å². The lowest BCUT2D eigenvalue weighted by atomic mass is 10.1. The van der Waals surface area contributed by atoms with Crippen molar-refractivity contribution >= 4 is 40.4 Å². The molecule has 0 spiro atoms. The molecule has 5 nitrogen and oxygen atoms in total. The van der Waals surface area contributed by atoms with Crippen molar-refractivity contribution in [2.75, 3.05) is 11.9 Å². The Hall–Kier alpha value is -3.05. The number of hydrogen-bond acceptors (Lipinski definition) is 4. The van der Waals surface area contributed by atoms with Crippen LogP contribution in [0.2, 0.25) is 5.02 Å². The minimum atomic E-state index is -0.234. The average Bonchev–Trinajstić information content (AvgIpc) is 2.99. The molecule has 0 atom stereocenters. The molecule has 0 aliphatic carbocycles. The summed E-state index contributed by atoms with van der Waals surface area (Å²) in [4.78, 5) is 16.4. The summed E-state index contributed by atoms with van der Waals surface area (Å²) in [5, 5.41) is 3.46. The molecule has 1 N–H and O–H groups in total. The van der Waals surface area contributed by atoms with E-state index < -0.39 is 0 Å². The summed E-state index contributed by atoms with van der Waals surface area (Å²) < 4.78 is 11.1. The van der Waals surface area contributed by atoms with Crippen LogP contribution in [0.25, 0.3) is 17.2 Å². The number of amides is 1.